The van der Waals surface area contributed by atoms with Crippen LogP contribution in [0.25, 0.3) is 0 Å². The van der Waals surface area contributed by atoms with Crippen molar-refractivity contribution in [2.45, 2.75) is 45.4 Å². The lowest BCUT2D eigenvalue weighted by Gasteiger charge is -2.27. The molecule has 1 aliphatic rings. The zero-order valence-corrected chi connectivity index (χ0v) is 12.9. The van der Waals surface area contributed by atoms with E-state index in [1.807, 2.05) is 18.9 Å². The summed E-state index contributed by atoms with van der Waals surface area (Å²) in [5.74, 6) is 0.626. The first-order chi connectivity index (χ1) is 9.54. The Hall–Kier alpha value is -1.52. The molecule has 0 bridgehead atoms. The minimum absolute atomic E-state index is 0.0113. The van der Waals surface area contributed by atoms with Crippen molar-refractivity contribution in [3.8, 4) is 0 Å². The number of aryl methyl sites for hydroxylation is 2. The Morgan fingerprint density at radius 2 is 2.05 bits per heavy atom. The van der Waals surface area contributed by atoms with Gasteiger partial charge < -0.3 is 10.6 Å². The van der Waals surface area contributed by atoms with E-state index in [0.29, 0.717) is 17.3 Å². The van der Waals surface area contributed by atoms with Crippen LogP contribution >= 0.6 is 0 Å². The maximum atomic E-state index is 12.6. The largest absolute Gasteiger partial charge is 0.395 e. The summed E-state index contributed by atoms with van der Waals surface area (Å²) in [6.07, 6.45) is 7.14. The second kappa shape index (κ2) is 6.29. The molecule has 2 rings (SSSR count). The molecule has 5 nitrogen and oxygen atoms in total. The summed E-state index contributed by atoms with van der Waals surface area (Å²) in [5, 5.41) is 4.32. The second-order valence-electron chi connectivity index (χ2n) is 5.88. The molecule has 1 aliphatic carbocycles. The van der Waals surface area contributed by atoms with Crippen LogP contribution in [0.1, 0.15) is 55.2 Å². The number of carbonyl (C=O) groups excluding carboxylic acids is 1. The zero-order valence-electron chi connectivity index (χ0n) is 12.9. The molecule has 0 spiro atoms. The summed E-state index contributed by atoms with van der Waals surface area (Å²) in [5.41, 5.74) is 7.93. The number of amides is 1. The van der Waals surface area contributed by atoms with E-state index < -0.39 is 0 Å². The highest BCUT2D eigenvalue weighted by Gasteiger charge is 2.24. The van der Waals surface area contributed by atoms with Crippen LogP contribution in [0.15, 0.2) is 0 Å². The topological polar surface area (TPSA) is 64.2 Å². The molecule has 20 heavy (non-hydrogen) atoms. The van der Waals surface area contributed by atoms with Gasteiger partial charge in [-0.25, -0.2) is 0 Å². The third kappa shape index (κ3) is 2.97. The van der Waals surface area contributed by atoms with Crippen molar-refractivity contribution in [3.05, 3.63) is 11.4 Å². The fourth-order valence-corrected chi connectivity index (χ4v) is 3.13. The predicted octanol–water partition coefficient (Wildman–Crippen LogP) is 2.22. The average molecular weight is 278 g/mol. The number of nitrogens with zero attached hydrogens (tertiary/aromatic N) is 3. The minimum atomic E-state index is -0.0113. The number of nitrogens with two attached hydrogens (primary N) is 1. The Morgan fingerprint density at radius 3 is 2.60 bits per heavy atom. The molecular formula is C15H26N4O. The molecule has 0 radical (unpaired) electrons. The number of hydrogen-bond acceptors (Lipinski definition) is 3. The first kappa shape index (κ1) is 14.9. The van der Waals surface area contributed by atoms with Gasteiger partial charge in [0.2, 0.25) is 0 Å². The quantitative estimate of drug-likeness (QED) is 0.918. The van der Waals surface area contributed by atoms with E-state index in [9.17, 15) is 4.79 Å². The molecule has 0 aromatic carbocycles. The van der Waals surface area contributed by atoms with Gasteiger partial charge in [0.1, 0.15) is 5.69 Å². The third-order valence-electron chi connectivity index (χ3n) is 4.30. The molecule has 1 amide bonds. The van der Waals surface area contributed by atoms with E-state index in [2.05, 4.69) is 5.10 Å². The van der Waals surface area contributed by atoms with Gasteiger partial charge in [0.05, 0.1) is 11.4 Å². The van der Waals surface area contributed by atoms with Crippen LogP contribution in [0.5, 0.6) is 0 Å². The summed E-state index contributed by atoms with van der Waals surface area (Å²) in [6.45, 7) is 2.82. The molecule has 0 unspecified atom stereocenters. The molecule has 1 aromatic rings. The maximum absolute atomic E-state index is 12.6. The molecule has 5 heteroatoms. The standard InChI is InChI=1S/C15H26N4O/c1-4-12-13(16)14(19(3)17-12)15(20)18(2)10-11-8-6-5-7-9-11/h11H,4-10,16H2,1-3H3. The van der Waals surface area contributed by atoms with Crippen LogP contribution < -0.4 is 5.73 Å². The van der Waals surface area contributed by atoms with Gasteiger partial charge in [0.15, 0.2) is 0 Å². The number of carbonyl (C=O) groups is 1. The number of hydrogen-bond donors (Lipinski definition) is 1. The first-order valence-corrected chi connectivity index (χ1v) is 7.61. The summed E-state index contributed by atoms with van der Waals surface area (Å²) in [6, 6.07) is 0. The van der Waals surface area contributed by atoms with E-state index >= 15 is 0 Å². The van der Waals surface area contributed by atoms with Crippen molar-refractivity contribution < 1.29 is 4.79 Å². The van der Waals surface area contributed by atoms with Crippen molar-refractivity contribution in [2.24, 2.45) is 13.0 Å². The number of nitrogen functional groups attached to an aromatic ring is 1. The van der Waals surface area contributed by atoms with Gasteiger partial charge in [-0.05, 0) is 25.2 Å². The van der Waals surface area contributed by atoms with Gasteiger partial charge in [0.25, 0.3) is 5.91 Å². The Balaban J connectivity index is 2.08. The van der Waals surface area contributed by atoms with Crippen molar-refractivity contribution in [1.82, 2.24) is 14.7 Å². The van der Waals surface area contributed by atoms with Gasteiger partial charge in [-0.1, -0.05) is 26.2 Å². The van der Waals surface area contributed by atoms with E-state index in [0.717, 1.165) is 18.7 Å². The lowest BCUT2D eigenvalue weighted by Crippen LogP contribution is -2.34. The smallest absolute Gasteiger partial charge is 0.274 e. The van der Waals surface area contributed by atoms with Crippen molar-refractivity contribution >= 4 is 11.6 Å². The van der Waals surface area contributed by atoms with Gasteiger partial charge in [0, 0.05) is 20.6 Å². The second-order valence-corrected chi connectivity index (χ2v) is 5.88. The zero-order chi connectivity index (χ0) is 14.7. The lowest BCUT2D eigenvalue weighted by atomic mass is 9.89. The molecule has 1 saturated carbocycles. The number of anilines is 1. The molecule has 1 fully saturated rings. The summed E-state index contributed by atoms with van der Waals surface area (Å²) in [4.78, 5) is 14.4. The van der Waals surface area contributed by atoms with Gasteiger partial charge in [-0.2, -0.15) is 5.10 Å². The molecule has 0 aliphatic heterocycles. The van der Waals surface area contributed by atoms with Crippen LogP contribution in [0.4, 0.5) is 5.69 Å². The Bertz CT molecular complexity index is 474. The molecule has 0 atom stereocenters. The van der Waals surface area contributed by atoms with E-state index in [4.69, 9.17) is 5.73 Å². The summed E-state index contributed by atoms with van der Waals surface area (Å²) in [7, 11) is 3.66. The van der Waals surface area contributed by atoms with Crippen LogP contribution in [-0.4, -0.2) is 34.2 Å². The van der Waals surface area contributed by atoms with Crippen LogP contribution in [-0.2, 0) is 13.5 Å². The summed E-state index contributed by atoms with van der Waals surface area (Å²) < 4.78 is 1.62. The fraction of sp³-hybridized carbons (Fsp3) is 0.733. The Morgan fingerprint density at radius 1 is 1.40 bits per heavy atom. The lowest BCUT2D eigenvalue weighted by molar-refractivity contribution is 0.0751. The average Bonchev–Trinajstić information content (AvgIpc) is 2.73. The third-order valence-corrected chi connectivity index (χ3v) is 4.30. The molecule has 1 heterocycles. The maximum Gasteiger partial charge on any atom is 0.274 e. The SMILES string of the molecule is CCc1nn(C)c(C(=O)N(C)CC2CCCCC2)c1N. The highest BCUT2D eigenvalue weighted by atomic mass is 16.2. The number of rotatable bonds is 4. The van der Waals surface area contributed by atoms with Crippen molar-refractivity contribution in [2.75, 3.05) is 19.3 Å². The van der Waals surface area contributed by atoms with Gasteiger partial charge >= 0.3 is 0 Å². The fourth-order valence-electron chi connectivity index (χ4n) is 3.13. The highest BCUT2D eigenvalue weighted by Crippen LogP contribution is 2.25. The Labute approximate surface area is 121 Å². The van der Waals surface area contributed by atoms with Crippen molar-refractivity contribution in [3.63, 3.8) is 0 Å². The van der Waals surface area contributed by atoms with Gasteiger partial charge in [-0.3, -0.25) is 9.48 Å². The molecule has 112 valence electrons. The molecule has 2 N–H and O–H groups in total. The number of aromatic nitrogens is 2. The van der Waals surface area contributed by atoms with Gasteiger partial charge in [-0.15, -0.1) is 0 Å². The highest BCUT2D eigenvalue weighted by molar-refractivity contribution is 5.97. The summed E-state index contributed by atoms with van der Waals surface area (Å²) >= 11 is 0. The van der Waals surface area contributed by atoms with Crippen LogP contribution in [0.2, 0.25) is 0 Å². The van der Waals surface area contributed by atoms with Crippen molar-refractivity contribution in [1.29, 1.82) is 0 Å². The van der Waals surface area contributed by atoms with Crippen LogP contribution in [0, 0.1) is 5.92 Å². The van der Waals surface area contributed by atoms with E-state index in [1.165, 1.54) is 32.1 Å². The first-order valence-electron chi connectivity index (χ1n) is 7.61. The monoisotopic (exact) mass is 278 g/mol. The Kier molecular flexibility index (Phi) is 4.68. The van der Waals surface area contributed by atoms with E-state index in [1.54, 1.807) is 11.7 Å². The minimum Gasteiger partial charge on any atom is -0.395 e. The normalized spacial score (nSPS) is 16.4. The molecule has 0 saturated heterocycles. The van der Waals surface area contributed by atoms with E-state index in [-0.39, 0.29) is 5.91 Å². The molecule has 1 aromatic heterocycles. The molecular weight excluding hydrogens is 252 g/mol. The predicted molar refractivity (Wildman–Crippen MR) is 80.5 cm³/mol. The van der Waals surface area contributed by atoms with Crippen LogP contribution in [0.3, 0.4) is 0 Å².